The van der Waals surface area contributed by atoms with Gasteiger partial charge in [-0.25, -0.2) is 4.79 Å². The molecule has 0 bridgehead atoms. The van der Waals surface area contributed by atoms with Crippen molar-refractivity contribution in [3.63, 3.8) is 0 Å². The number of rotatable bonds is 3. The molecule has 0 unspecified atom stereocenters. The summed E-state index contributed by atoms with van der Waals surface area (Å²) in [6.07, 6.45) is 2.08. The van der Waals surface area contributed by atoms with Crippen molar-refractivity contribution in [2.75, 3.05) is 12.4 Å². The van der Waals surface area contributed by atoms with E-state index < -0.39 is 0 Å². The molecule has 1 aliphatic rings. The minimum absolute atomic E-state index is 0. The van der Waals surface area contributed by atoms with Gasteiger partial charge in [-0.15, -0.1) is 12.4 Å². The van der Waals surface area contributed by atoms with E-state index in [2.05, 4.69) is 5.32 Å². The monoisotopic (exact) mass is 380 g/mol. The summed E-state index contributed by atoms with van der Waals surface area (Å²) in [6, 6.07) is 5.09. The van der Waals surface area contributed by atoms with E-state index in [1.54, 1.807) is 13.2 Å². The Hall–Kier alpha value is -1.89. The fourth-order valence-corrected chi connectivity index (χ4v) is 3.50. The summed E-state index contributed by atoms with van der Waals surface area (Å²) >= 11 is 0. The van der Waals surface area contributed by atoms with Crippen LogP contribution in [-0.2, 0) is 9.53 Å². The second-order valence-corrected chi connectivity index (χ2v) is 6.85. The van der Waals surface area contributed by atoms with Gasteiger partial charge < -0.3 is 20.2 Å². The molecule has 0 radical (unpaired) electrons. The average Bonchev–Trinajstić information content (AvgIpc) is 2.56. The smallest absolute Gasteiger partial charge is 0.336 e. The number of aryl methyl sites for hydroxylation is 2. The van der Waals surface area contributed by atoms with Gasteiger partial charge in [0.15, 0.2) is 0 Å². The second-order valence-electron chi connectivity index (χ2n) is 6.85. The molecule has 7 heteroatoms. The number of halogens is 1. The predicted molar refractivity (Wildman–Crippen MR) is 104 cm³/mol. The van der Waals surface area contributed by atoms with Crippen LogP contribution in [-0.4, -0.2) is 25.2 Å². The lowest BCUT2D eigenvalue weighted by Gasteiger charge is -2.32. The summed E-state index contributed by atoms with van der Waals surface area (Å²) < 4.78 is 10.6. The molecule has 0 saturated heterocycles. The Bertz CT molecular complexity index is 864. The molecule has 1 fully saturated rings. The van der Waals surface area contributed by atoms with Crippen molar-refractivity contribution in [2.45, 2.75) is 45.3 Å². The van der Waals surface area contributed by atoms with E-state index in [9.17, 15) is 9.59 Å². The molecule has 1 amide bonds. The first kappa shape index (κ1) is 20.4. The van der Waals surface area contributed by atoms with Gasteiger partial charge in [0, 0.05) is 36.2 Å². The number of methoxy groups -OCH3 is 1. The molecule has 1 heterocycles. The normalized spacial score (nSPS) is 22.7. The Labute approximate surface area is 158 Å². The first-order chi connectivity index (χ1) is 11.9. The number of anilines is 1. The van der Waals surface area contributed by atoms with Crippen molar-refractivity contribution in [3.8, 4) is 0 Å². The summed E-state index contributed by atoms with van der Waals surface area (Å²) in [6.45, 7) is 3.73. The third-order valence-corrected chi connectivity index (χ3v) is 5.07. The van der Waals surface area contributed by atoms with Crippen LogP contribution in [0.15, 0.2) is 27.4 Å². The summed E-state index contributed by atoms with van der Waals surface area (Å²) in [7, 11) is 1.63. The first-order valence-electron chi connectivity index (χ1n) is 8.53. The molecule has 0 aliphatic heterocycles. The number of amides is 1. The lowest BCUT2D eigenvalue weighted by molar-refractivity contribution is -0.122. The van der Waals surface area contributed by atoms with Gasteiger partial charge in [0.25, 0.3) is 0 Å². The van der Waals surface area contributed by atoms with Crippen LogP contribution in [0.1, 0.15) is 30.4 Å². The van der Waals surface area contributed by atoms with E-state index in [1.807, 2.05) is 19.9 Å². The maximum atomic E-state index is 12.7. The molecule has 2 aromatic rings. The summed E-state index contributed by atoms with van der Waals surface area (Å²) in [5.41, 5.74) is 8.60. The summed E-state index contributed by atoms with van der Waals surface area (Å²) in [5, 5.41) is 3.84. The van der Waals surface area contributed by atoms with Crippen LogP contribution in [0, 0.1) is 19.8 Å². The number of hydrogen-bond donors (Lipinski definition) is 2. The Kier molecular flexibility index (Phi) is 6.44. The van der Waals surface area contributed by atoms with E-state index in [0.29, 0.717) is 12.0 Å². The van der Waals surface area contributed by atoms with Crippen LogP contribution >= 0.6 is 12.4 Å². The Morgan fingerprint density at radius 3 is 2.65 bits per heavy atom. The van der Waals surface area contributed by atoms with Crippen LogP contribution < -0.4 is 16.7 Å². The van der Waals surface area contributed by atoms with Crippen LogP contribution in [0.5, 0.6) is 0 Å². The zero-order chi connectivity index (χ0) is 18.1. The highest BCUT2D eigenvalue weighted by atomic mass is 35.5. The molecule has 26 heavy (non-hydrogen) atoms. The molecular formula is C19H25ClN2O4. The molecule has 1 saturated carbocycles. The largest absolute Gasteiger partial charge is 0.423 e. The van der Waals surface area contributed by atoms with Gasteiger partial charge in [-0.3, -0.25) is 4.79 Å². The fourth-order valence-electron chi connectivity index (χ4n) is 3.50. The number of hydrogen-bond acceptors (Lipinski definition) is 5. The number of carbonyl (C=O) groups is 1. The van der Waals surface area contributed by atoms with Gasteiger partial charge in [-0.1, -0.05) is 0 Å². The van der Waals surface area contributed by atoms with Crippen LogP contribution in [0.4, 0.5) is 5.69 Å². The standard InChI is InChI=1S/C19H24N2O4.ClH/c1-10-7-18(22)25-16-6-11(2)15(9-13(10)16)21-19(23)12-4-5-14(20)17(8-12)24-3;/h6-7,9,12,14,17H,4-5,8,20H2,1-3H3,(H,21,23);1H/t12-,14-,17-;/m0./s1. The number of benzene rings is 1. The molecule has 3 N–H and O–H groups in total. The Morgan fingerprint density at radius 2 is 1.96 bits per heavy atom. The lowest BCUT2D eigenvalue weighted by Crippen LogP contribution is -2.44. The fraction of sp³-hybridized carbons (Fsp3) is 0.474. The quantitative estimate of drug-likeness (QED) is 0.798. The molecule has 142 valence electrons. The number of nitrogens with one attached hydrogen (secondary N) is 1. The van der Waals surface area contributed by atoms with E-state index in [0.717, 1.165) is 35.0 Å². The van der Waals surface area contributed by atoms with Gasteiger partial charge in [-0.2, -0.15) is 0 Å². The number of fused-ring (bicyclic) bond motifs is 1. The first-order valence-corrected chi connectivity index (χ1v) is 8.53. The highest BCUT2D eigenvalue weighted by Crippen LogP contribution is 2.29. The van der Waals surface area contributed by atoms with Crippen molar-refractivity contribution < 1.29 is 13.9 Å². The Balaban J connectivity index is 0.00000243. The molecule has 3 rings (SSSR count). The van der Waals surface area contributed by atoms with Crippen molar-refractivity contribution in [1.82, 2.24) is 0 Å². The van der Waals surface area contributed by atoms with E-state index in [-0.39, 0.29) is 42.0 Å². The van der Waals surface area contributed by atoms with Crippen molar-refractivity contribution in [3.05, 3.63) is 39.7 Å². The lowest BCUT2D eigenvalue weighted by atomic mass is 9.83. The van der Waals surface area contributed by atoms with Crippen molar-refractivity contribution in [1.29, 1.82) is 0 Å². The molecular weight excluding hydrogens is 356 g/mol. The summed E-state index contributed by atoms with van der Waals surface area (Å²) in [5.74, 6) is -0.138. The SMILES string of the molecule is CO[C@H]1C[C@@H](C(=O)Nc2cc3c(C)cc(=O)oc3cc2C)CC[C@@H]1N.Cl. The van der Waals surface area contributed by atoms with Crippen LogP contribution in [0.25, 0.3) is 11.0 Å². The van der Waals surface area contributed by atoms with Crippen LogP contribution in [0.3, 0.4) is 0 Å². The molecule has 1 aromatic carbocycles. The minimum atomic E-state index is -0.370. The maximum absolute atomic E-state index is 12.7. The van der Waals surface area contributed by atoms with E-state index in [1.165, 1.54) is 6.07 Å². The predicted octanol–water partition coefficient (Wildman–Crippen LogP) is 2.91. The highest BCUT2D eigenvalue weighted by molar-refractivity contribution is 5.96. The molecule has 1 aromatic heterocycles. The highest BCUT2D eigenvalue weighted by Gasteiger charge is 2.32. The second kappa shape index (κ2) is 8.20. The van der Waals surface area contributed by atoms with Crippen molar-refractivity contribution in [2.24, 2.45) is 11.7 Å². The number of carbonyl (C=O) groups excluding carboxylic acids is 1. The summed E-state index contributed by atoms with van der Waals surface area (Å²) in [4.78, 5) is 24.2. The molecule has 3 atom stereocenters. The number of ether oxygens (including phenoxy) is 1. The molecule has 6 nitrogen and oxygen atoms in total. The van der Waals surface area contributed by atoms with Gasteiger partial charge in [-0.05, 0) is 56.4 Å². The van der Waals surface area contributed by atoms with Gasteiger partial charge in [0.2, 0.25) is 5.91 Å². The third-order valence-electron chi connectivity index (χ3n) is 5.07. The average molecular weight is 381 g/mol. The number of nitrogens with two attached hydrogens (primary N) is 1. The van der Waals surface area contributed by atoms with Crippen LogP contribution in [0.2, 0.25) is 0 Å². The van der Waals surface area contributed by atoms with Gasteiger partial charge >= 0.3 is 5.63 Å². The zero-order valence-corrected chi connectivity index (χ0v) is 16.0. The Morgan fingerprint density at radius 1 is 1.23 bits per heavy atom. The van der Waals surface area contributed by atoms with Crippen molar-refractivity contribution >= 4 is 35.0 Å². The molecule has 1 aliphatic carbocycles. The van der Waals surface area contributed by atoms with Gasteiger partial charge in [0.05, 0.1) is 6.10 Å². The maximum Gasteiger partial charge on any atom is 0.336 e. The zero-order valence-electron chi connectivity index (χ0n) is 15.2. The molecule has 0 spiro atoms. The van der Waals surface area contributed by atoms with E-state index >= 15 is 0 Å². The minimum Gasteiger partial charge on any atom is -0.423 e. The topological polar surface area (TPSA) is 94.6 Å². The third kappa shape index (κ3) is 4.09. The van der Waals surface area contributed by atoms with Gasteiger partial charge in [0.1, 0.15) is 5.58 Å². The van der Waals surface area contributed by atoms with E-state index in [4.69, 9.17) is 14.9 Å².